The van der Waals surface area contributed by atoms with Crippen molar-refractivity contribution in [1.82, 2.24) is 0 Å². The van der Waals surface area contributed by atoms with Gasteiger partial charge in [-0.05, 0) is 49.7 Å². The van der Waals surface area contributed by atoms with Crippen molar-refractivity contribution in [2.45, 2.75) is 39.0 Å². The first kappa shape index (κ1) is 13.0. The first-order chi connectivity index (χ1) is 8.56. The van der Waals surface area contributed by atoms with Gasteiger partial charge < -0.3 is 0 Å². The van der Waals surface area contributed by atoms with Crippen LogP contribution >= 0.6 is 0 Å². The highest BCUT2D eigenvalue weighted by molar-refractivity contribution is 5.23. The number of benzene rings is 1. The minimum absolute atomic E-state index is 0.319. The number of hydrogen-bond acceptors (Lipinski definition) is 1. The molecule has 0 heterocycles. The number of halogens is 2. The van der Waals surface area contributed by atoms with Crippen molar-refractivity contribution in [2.24, 2.45) is 11.3 Å². The molecule has 0 aliphatic heterocycles. The van der Waals surface area contributed by atoms with Crippen molar-refractivity contribution in [2.75, 3.05) is 0 Å². The van der Waals surface area contributed by atoms with Crippen LogP contribution in [0.5, 0.6) is 0 Å². The molecule has 1 aliphatic carbocycles. The van der Waals surface area contributed by atoms with Gasteiger partial charge >= 0.3 is 0 Å². The molecule has 0 radical (unpaired) electrons. The Labute approximate surface area is 106 Å². The SMILES string of the molecule is CC1CCC(C#N)(Cc2cccc(F)c2F)CC1. The summed E-state index contributed by atoms with van der Waals surface area (Å²) in [4.78, 5) is 0. The molecule has 0 amide bonds. The zero-order valence-corrected chi connectivity index (χ0v) is 10.5. The van der Waals surface area contributed by atoms with E-state index in [1.54, 1.807) is 6.07 Å². The molecular formula is C15H17F2N. The second-order valence-corrected chi connectivity index (χ2v) is 5.46. The van der Waals surface area contributed by atoms with Crippen LogP contribution in [0.1, 0.15) is 38.2 Å². The van der Waals surface area contributed by atoms with Crippen LogP contribution in [0.4, 0.5) is 8.78 Å². The van der Waals surface area contributed by atoms with Crippen molar-refractivity contribution in [3.05, 3.63) is 35.4 Å². The molecule has 1 aliphatic rings. The Morgan fingerprint density at radius 1 is 1.33 bits per heavy atom. The Balaban J connectivity index is 2.21. The Bertz CT molecular complexity index is 468. The second-order valence-electron chi connectivity index (χ2n) is 5.46. The van der Waals surface area contributed by atoms with Crippen molar-refractivity contribution in [1.29, 1.82) is 5.26 Å². The van der Waals surface area contributed by atoms with E-state index in [-0.39, 0.29) is 0 Å². The van der Waals surface area contributed by atoms with Crippen LogP contribution in [-0.2, 0) is 6.42 Å². The van der Waals surface area contributed by atoms with E-state index in [2.05, 4.69) is 13.0 Å². The summed E-state index contributed by atoms with van der Waals surface area (Å²) in [7, 11) is 0. The van der Waals surface area contributed by atoms with Crippen molar-refractivity contribution >= 4 is 0 Å². The van der Waals surface area contributed by atoms with Crippen LogP contribution in [0.2, 0.25) is 0 Å². The minimum Gasteiger partial charge on any atom is -0.204 e. The maximum atomic E-state index is 13.7. The lowest BCUT2D eigenvalue weighted by atomic mass is 9.69. The van der Waals surface area contributed by atoms with E-state index >= 15 is 0 Å². The van der Waals surface area contributed by atoms with E-state index in [9.17, 15) is 14.0 Å². The molecule has 1 aromatic carbocycles. The molecule has 96 valence electrons. The second kappa shape index (κ2) is 5.06. The van der Waals surface area contributed by atoms with E-state index in [4.69, 9.17) is 0 Å². The molecule has 1 saturated carbocycles. The monoisotopic (exact) mass is 249 g/mol. The van der Waals surface area contributed by atoms with Gasteiger partial charge in [-0.2, -0.15) is 5.26 Å². The van der Waals surface area contributed by atoms with Crippen LogP contribution in [0.15, 0.2) is 18.2 Å². The molecule has 0 N–H and O–H groups in total. The molecule has 0 bridgehead atoms. The number of hydrogen-bond donors (Lipinski definition) is 0. The van der Waals surface area contributed by atoms with Gasteiger partial charge in [0.1, 0.15) is 0 Å². The quantitative estimate of drug-likeness (QED) is 0.769. The Hall–Kier alpha value is -1.43. The normalized spacial score (nSPS) is 27.8. The van der Waals surface area contributed by atoms with Crippen LogP contribution in [0.3, 0.4) is 0 Å². The maximum absolute atomic E-state index is 13.7. The average Bonchev–Trinajstić information content (AvgIpc) is 2.38. The third kappa shape index (κ3) is 2.53. The van der Waals surface area contributed by atoms with Gasteiger partial charge in [-0.25, -0.2) is 8.78 Å². The highest BCUT2D eigenvalue weighted by atomic mass is 19.2. The smallest absolute Gasteiger partial charge is 0.162 e. The summed E-state index contributed by atoms with van der Waals surface area (Å²) in [5.74, 6) is -1.00. The summed E-state index contributed by atoms with van der Waals surface area (Å²) >= 11 is 0. The molecule has 2 rings (SSSR count). The predicted octanol–water partition coefficient (Wildman–Crippen LogP) is 4.23. The van der Waals surface area contributed by atoms with E-state index in [1.165, 1.54) is 6.07 Å². The number of nitriles is 1. The van der Waals surface area contributed by atoms with Gasteiger partial charge in [0, 0.05) is 0 Å². The number of rotatable bonds is 2. The molecule has 3 heteroatoms. The maximum Gasteiger partial charge on any atom is 0.162 e. The summed E-state index contributed by atoms with van der Waals surface area (Å²) < 4.78 is 26.8. The fourth-order valence-corrected chi connectivity index (χ4v) is 2.69. The molecule has 1 fully saturated rings. The summed E-state index contributed by atoms with van der Waals surface area (Å²) in [5, 5.41) is 9.38. The number of nitrogens with zero attached hydrogens (tertiary/aromatic N) is 1. The highest BCUT2D eigenvalue weighted by Crippen LogP contribution is 2.41. The first-order valence-electron chi connectivity index (χ1n) is 6.40. The van der Waals surface area contributed by atoms with Gasteiger partial charge in [-0.1, -0.05) is 19.1 Å². The predicted molar refractivity (Wildman–Crippen MR) is 65.7 cm³/mol. The molecular weight excluding hydrogens is 232 g/mol. The standard InChI is InChI=1S/C15H17F2N/c1-11-5-7-15(10-18,8-6-11)9-12-3-2-4-13(16)14(12)17/h2-4,11H,5-9H2,1H3. The van der Waals surface area contributed by atoms with E-state index in [0.29, 0.717) is 17.9 Å². The Morgan fingerprint density at radius 3 is 2.61 bits per heavy atom. The zero-order valence-electron chi connectivity index (χ0n) is 10.5. The third-order valence-electron chi connectivity index (χ3n) is 4.03. The average molecular weight is 249 g/mol. The van der Waals surface area contributed by atoms with Gasteiger partial charge in [-0.3, -0.25) is 0 Å². The molecule has 1 nitrogen and oxygen atoms in total. The summed E-state index contributed by atoms with van der Waals surface area (Å²) in [6.07, 6.45) is 3.86. The fourth-order valence-electron chi connectivity index (χ4n) is 2.69. The van der Waals surface area contributed by atoms with Crippen molar-refractivity contribution < 1.29 is 8.78 Å². The van der Waals surface area contributed by atoms with Gasteiger partial charge in [0.2, 0.25) is 0 Å². The van der Waals surface area contributed by atoms with Crippen LogP contribution < -0.4 is 0 Å². The lowest BCUT2D eigenvalue weighted by Crippen LogP contribution is -2.28. The largest absolute Gasteiger partial charge is 0.204 e. The zero-order chi connectivity index (χ0) is 13.2. The summed E-state index contributed by atoms with van der Waals surface area (Å²) in [6.45, 7) is 2.17. The van der Waals surface area contributed by atoms with E-state index in [1.807, 2.05) is 0 Å². The van der Waals surface area contributed by atoms with Gasteiger partial charge in [0.15, 0.2) is 11.6 Å². The Kier molecular flexibility index (Phi) is 3.65. The van der Waals surface area contributed by atoms with Crippen LogP contribution in [0.25, 0.3) is 0 Å². The fraction of sp³-hybridized carbons (Fsp3) is 0.533. The summed E-state index contributed by atoms with van der Waals surface area (Å²) in [6, 6.07) is 6.54. The van der Waals surface area contributed by atoms with Gasteiger partial charge in [-0.15, -0.1) is 0 Å². The van der Waals surface area contributed by atoms with E-state index < -0.39 is 17.0 Å². The van der Waals surface area contributed by atoms with Gasteiger partial charge in [0.25, 0.3) is 0 Å². The first-order valence-corrected chi connectivity index (χ1v) is 6.40. The summed E-state index contributed by atoms with van der Waals surface area (Å²) in [5.41, 5.74) is -0.188. The molecule has 0 saturated heterocycles. The molecule has 18 heavy (non-hydrogen) atoms. The highest BCUT2D eigenvalue weighted by Gasteiger charge is 2.35. The Morgan fingerprint density at radius 2 is 2.00 bits per heavy atom. The minimum atomic E-state index is -0.829. The molecule has 0 atom stereocenters. The molecule has 0 aromatic heterocycles. The lowest BCUT2D eigenvalue weighted by molar-refractivity contribution is 0.216. The lowest BCUT2D eigenvalue weighted by Gasteiger charge is -2.33. The molecule has 1 aromatic rings. The van der Waals surface area contributed by atoms with Crippen LogP contribution in [-0.4, -0.2) is 0 Å². The van der Waals surface area contributed by atoms with E-state index in [0.717, 1.165) is 31.7 Å². The van der Waals surface area contributed by atoms with Crippen molar-refractivity contribution in [3.63, 3.8) is 0 Å². The topological polar surface area (TPSA) is 23.8 Å². The van der Waals surface area contributed by atoms with Crippen molar-refractivity contribution in [3.8, 4) is 6.07 Å². The molecule has 0 unspecified atom stereocenters. The third-order valence-corrected chi connectivity index (χ3v) is 4.03. The van der Waals surface area contributed by atoms with Gasteiger partial charge in [0.05, 0.1) is 11.5 Å². The molecule has 0 spiro atoms. The van der Waals surface area contributed by atoms with Crippen LogP contribution in [0, 0.1) is 34.3 Å².